The molecule has 2 nitrogen and oxygen atoms in total. The fourth-order valence-corrected chi connectivity index (χ4v) is 1.36. The van der Waals surface area contributed by atoms with Gasteiger partial charge in [-0.15, -0.1) is 6.58 Å². The lowest BCUT2D eigenvalue weighted by molar-refractivity contribution is 0.328. The first-order valence-electron chi connectivity index (χ1n) is 5.11. The standard InChI is InChI=1S/C12H22N2/c1-4-9-14(10-5-2)11-12(3)7-6-8-13/h4,6-8H,1,5,9-11,13H2,2-3H3/b8-6-,12-7+. The Hall–Kier alpha value is -1.02. The van der Waals surface area contributed by atoms with Crippen LogP contribution in [0.5, 0.6) is 0 Å². The average molecular weight is 194 g/mol. The zero-order valence-electron chi connectivity index (χ0n) is 9.37. The second-order valence-corrected chi connectivity index (χ2v) is 3.42. The van der Waals surface area contributed by atoms with Gasteiger partial charge in [-0.3, -0.25) is 4.90 Å². The molecule has 0 aliphatic rings. The summed E-state index contributed by atoms with van der Waals surface area (Å²) in [5, 5.41) is 0. The van der Waals surface area contributed by atoms with E-state index >= 15 is 0 Å². The first-order valence-corrected chi connectivity index (χ1v) is 5.11. The van der Waals surface area contributed by atoms with E-state index in [1.165, 1.54) is 12.0 Å². The molecule has 0 bridgehead atoms. The molecule has 0 radical (unpaired) electrons. The predicted octanol–water partition coefficient (Wildman–Crippen LogP) is 2.30. The molecule has 0 fully saturated rings. The fraction of sp³-hybridized carbons (Fsp3) is 0.500. The Labute approximate surface area is 87.8 Å². The largest absolute Gasteiger partial charge is 0.405 e. The molecule has 0 aliphatic heterocycles. The Kier molecular flexibility index (Phi) is 7.95. The van der Waals surface area contributed by atoms with Crippen molar-refractivity contribution < 1.29 is 0 Å². The van der Waals surface area contributed by atoms with Crippen LogP contribution in [0.4, 0.5) is 0 Å². The second kappa shape index (κ2) is 8.57. The molecule has 0 aromatic rings. The summed E-state index contributed by atoms with van der Waals surface area (Å²) in [6, 6.07) is 0. The van der Waals surface area contributed by atoms with E-state index in [0.29, 0.717) is 0 Å². The highest BCUT2D eigenvalue weighted by molar-refractivity contribution is 5.11. The minimum Gasteiger partial charge on any atom is -0.405 e. The average Bonchev–Trinajstić information content (AvgIpc) is 2.15. The van der Waals surface area contributed by atoms with E-state index in [-0.39, 0.29) is 0 Å². The molecule has 0 aliphatic carbocycles. The van der Waals surface area contributed by atoms with Crippen molar-refractivity contribution >= 4 is 0 Å². The van der Waals surface area contributed by atoms with Crippen LogP contribution < -0.4 is 5.73 Å². The summed E-state index contributed by atoms with van der Waals surface area (Å²) >= 11 is 0. The maximum absolute atomic E-state index is 5.27. The lowest BCUT2D eigenvalue weighted by atomic mass is 10.2. The smallest absolute Gasteiger partial charge is 0.0196 e. The topological polar surface area (TPSA) is 29.3 Å². The van der Waals surface area contributed by atoms with Crippen LogP contribution in [0.2, 0.25) is 0 Å². The quantitative estimate of drug-likeness (QED) is 0.498. The van der Waals surface area contributed by atoms with Crippen molar-refractivity contribution in [1.82, 2.24) is 4.90 Å². The maximum Gasteiger partial charge on any atom is 0.0196 e. The van der Waals surface area contributed by atoms with E-state index in [4.69, 9.17) is 5.73 Å². The lowest BCUT2D eigenvalue weighted by Crippen LogP contribution is -2.26. The fourth-order valence-electron chi connectivity index (χ4n) is 1.36. The molecule has 2 N–H and O–H groups in total. The minimum atomic E-state index is 0.950. The van der Waals surface area contributed by atoms with E-state index in [2.05, 4.69) is 25.3 Å². The van der Waals surface area contributed by atoms with Gasteiger partial charge in [-0.05, 0) is 32.2 Å². The van der Waals surface area contributed by atoms with Crippen LogP contribution in [-0.2, 0) is 0 Å². The third-order valence-corrected chi connectivity index (χ3v) is 1.89. The van der Waals surface area contributed by atoms with Crippen molar-refractivity contribution in [1.29, 1.82) is 0 Å². The van der Waals surface area contributed by atoms with Gasteiger partial charge in [0.2, 0.25) is 0 Å². The highest BCUT2D eigenvalue weighted by Crippen LogP contribution is 2.00. The van der Waals surface area contributed by atoms with Crippen molar-refractivity contribution in [2.24, 2.45) is 5.73 Å². The van der Waals surface area contributed by atoms with E-state index in [0.717, 1.165) is 19.6 Å². The van der Waals surface area contributed by atoms with Crippen LogP contribution in [0, 0.1) is 0 Å². The third-order valence-electron chi connectivity index (χ3n) is 1.89. The summed E-state index contributed by atoms with van der Waals surface area (Å²) in [6.07, 6.45) is 8.59. The second-order valence-electron chi connectivity index (χ2n) is 3.42. The number of hydrogen-bond donors (Lipinski definition) is 1. The predicted molar refractivity (Wildman–Crippen MR) is 64.0 cm³/mol. The Morgan fingerprint density at radius 3 is 2.71 bits per heavy atom. The van der Waals surface area contributed by atoms with Gasteiger partial charge in [0.15, 0.2) is 0 Å². The van der Waals surface area contributed by atoms with Crippen LogP contribution in [0.1, 0.15) is 20.3 Å². The van der Waals surface area contributed by atoms with Crippen molar-refractivity contribution in [2.75, 3.05) is 19.6 Å². The molecule has 0 heterocycles. The third kappa shape index (κ3) is 6.49. The Bertz CT molecular complexity index is 204. The minimum absolute atomic E-state index is 0.950. The number of hydrogen-bond acceptors (Lipinski definition) is 2. The van der Waals surface area contributed by atoms with Gasteiger partial charge < -0.3 is 5.73 Å². The number of allylic oxidation sites excluding steroid dienone is 2. The van der Waals surface area contributed by atoms with Gasteiger partial charge in [0.25, 0.3) is 0 Å². The van der Waals surface area contributed by atoms with Crippen molar-refractivity contribution in [3.63, 3.8) is 0 Å². The number of rotatable bonds is 7. The van der Waals surface area contributed by atoms with Crippen molar-refractivity contribution in [3.8, 4) is 0 Å². The van der Waals surface area contributed by atoms with E-state index in [1.807, 2.05) is 18.2 Å². The molecule has 14 heavy (non-hydrogen) atoms. The Morgan fingerprint density at radius 2 is 2.21 bits per heavy atom. The van der Waals surface area contributed by atoms with Crippen LogP contribution in [0.25, 0.3) is 0 Å². The molecule has 80 valence electrons. The number of nitrogens with two attached hydrogens (primary N) is 1. The molecular weight excluding hydrogens is 172 g/mol. The highest BCUT2D eigenvalue weighted by atomic mass is 15.1. The molecule has 0 unspecified atom stereocenters. The monoisotopic (exact) mass is 194 g/mol. The van der Waals surface area contributed by atoms with Gasteiger partial charge in [0, 0.05) is 13.1 Å². The van der Waals surface area contributed by atoms with E-state index in [1.54, 1.807) is 6.20 Å². The lowest BCUT2D eigenvalue weighted by Gasteiger charge is -2.19. The van der Waals surface area contributed by atoms with Crippen molar-refractivity contribution in [3.05, 3.63) is 36.6 Å². The van der Waals surface area contributed by atoms with Gasteiger partial charge in [0.05, 0.1) is 0 Å². The highest BCUT2D eigenvalue weighted by Gasteiger charge is 2.00. The van der Waals surface area contributed by atoms with E-state index in [9.17, 15) is 0 Å². The molecule has 0 saturated carbocycles. The van der Waals surface area contributed by atoms with Crippen LogP contribution in [0.3, 0.4) is 0 Å². The molecule has 0 aromatic heterocycles. The van der Waals surface area contributed by atoms with Gasteiger partial charge >= 0.3 is 0 Å². The van der Waals surface area contributed by atoms with Crippen LogP contribution in [-0.4, -0.2) is 24.5 Å². The summed E-state index contributed by atoms with van der Waals surface area (Å²) in [7, 11) is 0. The summed E-state index contributed by atoms with van der Waals surface area (Å²) in [6.45, 7) is 11.1. The van der Waals surface area contributed by atoms with Gasteiger partial charge in [-0.25, -0.2) is 0 Å². The Morgan fingerprint density at radius 1 is 1.50 bits per heavy atom. The molecule has 0 spiro atoms. The summed E-state index contributed by atoms with van der Waals surface area (Å²) in [5.74, 6) is 0. The van der Waals surface area contributed by atoms with Crippen LogP contribution in [0.15, 0.2) is 36.6 Å². The van der Waals surface area contributed by atoms with Crippen molar-refractivity contribution in [2.45, 2.75) is 20.3 Å². The summed E-state index contributed by atoms with van der Waals surface area (Å²) in [4.78, 5) is 2.36. The van der Waals surface area contributed by atoms with Gasteiger partial charge in [-0.2, -0.15) is 0 Å². The SMILES string of the molecule is C=CCN(CCC)C/C(C)=C/C=C\N. The first-order chi connectivity index (χ1) is 6.74. The van der Waals surface area contributed by atoms with Crippen LogP contribution >= 0.6 is 0 Å². The number of nitrogens with zero attached hydrogens (tertiary/aromatic N) is 1. The summed E-state index contributed by atoms with van der Waals surface area (Å²) in [5.41, 5.74) is 6.59. The normalized spacial score (nSPS) is 12.6. The van der Waals surface area contributed by atoms with Gasteiger partial charge in [0.1, 0.15) is 0 Å². The van der Waals surface area contributed by atoms with Gasteiger partial charge in [-0.1, -0.05) is 24.6 Å². The Balaban J connectivity index is 4.06. The molecule has 0 saturated heterocycles. The zero-order chi connectivity index (χ0) is 10.8. The molecule has 0 atom stereocenters. The zero-order valence-corrected chi connectivity index (χ0v) is 9.37. The van der Waals surface area contributed by atoms with E-state index < -0.39 is 0 Å². The maximum atomic E-state index is 5.27. The molecule has 2 heteroatoms. The molecule has 0 rings (SSSR count). The molecule has 0 aromatic carbocycles. The molecular formula is C12H22N2. The first kappa shape index (κ1) is 13.0. The summed E-state index contributed by atoms with van der Waals surface area (Å²) < 4.78 is 0. The molecule has 0 amide bonds.